The molecular weight excluding hydrogens is 156 g/mol. The minimum Gasteiger partial charge on any atom is -0.462 e. The molecule has 1 unspecified atom stereocenters. The van der Waals surface area contributed by atoms with Crippen molar-refractivity contribution in [3.63, 3.8) is 0 Å². The zero-order chi connectivity index (χ0) is 8.97. The van der Waals surface area contributed by atoms with Crippen molar-refractivity contribution in [2.45, 2.75) is 38.7 Å². The summed E-state index contributed by atoms with van der Waals surface area (Å²) in [4.78, 5) is 21.1. The molecule has 3 heteroatoms. The number of ether oxygens (including phenoxy) is 1. The molecule has 68 valence electrons. The summed E-state index contributed by atoms with van der Waals surface area (Å²) in [5, 5.41) is 0. The van der Waals surface area contributed by atoms with Crippen LogP contribution in [0.25, 0.3) is 0 Å². The monoisotopic (exact) mass is 170 g/mol. The molecule has 0 aromatic carbocycles. The zero-order valence-corrected chi connectivity index (χ0v) is 7.29. The Balaban J connectivity index is 2.30. The molecule has 0 aromatic heterocycles. The van der Waals surface area contributed by atoms with Gasteiger partial charge in [-0.25, -0.2) is 0 Å². The lowest BCUT2D eigenvalue weighted by atomic mass is 9.97. The number of carbonyl (C=O) groups excluding carboxylic acids is 2. The highest BCUT2D eigenvalue weighted by Gasteiger charge is 2.25. The minimum atomic E-state index is -0.114. The van der Waals surface area contributed by atoms with Crippen molar-refractivity contribution in [2.75, 3.05) is 0 Å². The van der Waals surface area contributed by atoms with Crippen molar-refractivity contribution in [1.82, 2.24) is 0 Å². The van der Waals surface area contributed by atoms with Gasteiger partial charge >= 0.3 is 5.97 Å². The van der Waals surface area contributed by atoms with E-state index in [0.717, 1.165) is 19.1 Å². The number of carbonyl (C=O) groups is 2. The summed E-state index contributed by atoms with van der Waals surface area (Å²) in [6, 6.07) is 0. The van der Waals surface area contributed by atoms with Gasteiger partial charge in [0.05, 0.1) is 5.92 Å². The molecule has 0 spiro atoms. The van der Waals surface area contributed by atoms with Crippen LogP contribution in [-0.2, 0) is 14.3 Å². The van der Waals surface area contributed by atoms with Gasteiger partial charge in [0, 0.05) is 6.42 Å². The number of aldehydes is 1. The van der Waals surface area contributed by atoms with Crippen LogP contribution in [0.15, 0.2) is 0 Å². The second kappa shape index (κ2) is 4.24. The number of cyclic esters (lactones) is 1. The fourth-order valence-corrected chi connectivity index (χ4v) is 1.35. The van der Waals surface area contributed by atoms with E-state index in [4.69, 9.17) is 4.74 Å². The quantitative estimate of drug-likeness (QED) is 0.473. The zero-order valence-electron chi connectivity index (χ0n) is 7.29. The first kappa shape index (κ1) is 9.23. The predicted molar refractivity (Wildman–Crippen MR) is 43.6 cm³/mol. The smallest absolute Gasteiger partial charge is 0.308 e. The van der Waals surface area contributed by atoms with Crippen LogP contribution in [0.1, 0.15) is 32.6 Å². The number of rotatable bonds is 3. The molecule has 0 aliphatic carbocycles. The van der Waals surface area contributed by atoms with Gasteiger partial charge in [-0.1, -0.05) is 6.92 Å². The third kappa shape index (κ3) is 2.32. The molecular formula is C9H14O3. The predicted octanol–water partition coefficient (Wildman–Crippen LogP) is 1.31. The molecule has 2 atom stereocenters. The average Bonchev–Trinajstić information content (AvgIpc) is 2.07. The molecule has 3 nitrogen and oxygen atoms in total. The normalized spacial score (nSPS) is 29.6. The van der Waals surface area contributed by atoms with E-state index in [9.17, 15) is 9.59 Å². The van der Waals surface area contributed by atoms with Crippen molar-refractivity contribution >= 4 is 12.3 Å². The molecule has 1 fully saturated rings. The molecule has 1 aliphatic heterocycles. The van der Waals surface area contributed by atoms with Crippen molar-refractivity contribution in [2.24, 2.45) is 5.92 Å². The largest absolute Gasteiger partial charge is 0.462 e. The van der Waals surface area contributed by atoms with E-state index in [-0.39, 0.29) is 18.0 Å². The van der Waals surface area contributed by atoms with Crippen molar-refractivity contribution < 1.29 is 14.3 Å². The molecule has 1 heterocycles. The van der Waals surface area contributed by atoms with Crippen LogP contribution in [0.3, 0.4) is 0 Å². The Morgan fingerprint density at radius 2 is 2.33 bits per heavy atom. The van der Waals surface area contributed by atoms with E-state index < -0.39 is 0 Å². The first-order valence-electron chi connectivity index (χ1n) is 4.38. The van der Waals surface area contributed by atoms with E-state index in [1.165, 1.54) is 0 Å². The molecule has 0 bridgehead atoms. The van der Waals surface area contributed by atoms with Crippen LogP contribution in [-0.4, -0.2) is 18.4 Å². The average molecular weight is 170 g/mol. The summed E-state index contributed by atoms with van der Waals surface area (Å²) in [5.74, 6) is -0.0744. The van der Waals surface area contributed by atoms with Gasteiger partial charge in [-0.15, -0.1) is 0 Å². The van der Waals surface area contributed by atoms with Gasteiger partial charge in [-0.2, -0.15) is 0 Å². The lowest BCUT2D eigenvalue weighted by Gasteiger charge is -2.25. The summed E-state index contributed by atoms with van der Waals surface area (Å²) in [6.45, 7) is 1.87. The molecule has 1 saturated heterocycles. The fourth-order valence-electron chi connectivity index (χ4n) is 1.35. The summed E-state index contributed by atoms with van der Waals surface area (Å²) < 4.78 is 5.10. The Kier molecular flexibility index (Phi) is 3.26. The molecule has 0 radical (unpaired) electrons. The maximum atomic E-state index is 11.1. The molecule has 0 aromatic rings. The van der Waals surface area contributed by atoms with E-state index in [1.54, 1.807) is 0 Å². The highest BCUT2D eigenvalue weighted by Crippen LogP contribution is 2.21. The topological polar surface area (TPSA) is 43.4 Å². The van der Waals surface area contributed by atoms with Crippen LogP contribution in [0, 0.1) is 5.92 Å². The minimum absolute atomic E-state index is 0.0149. The summed E-state index contributed by atoms with van der Waals surface area (Å²) in [6.07, 6.45) is 3.82. The number of esters is 1. The standard InChI is InChI=1S/C9H14O3/c1-7-4-5-8(3-2-6-10)12-9(7)11/h6-8H,2-5H2,1H3/t7-,8?/m1/s1. The van der Waals surface area contributed by atoms with Gasteiger partial charge in [-0.05, 0) is 19.3 Å². The van der Waals surface area contributed by atoms with Crippen LogP contribution in [0.2, 0.25) is 0 Å². The van der Waals surface area contributed by atoms with Gasteiger partial charge in [-0.3, -0.25) is 4.79 Å². The van der Waals surface area contributed by atoms with E-state index in [1.807, 2.05) is 6.92 Å². The van der Waals surface area contributed by atoms with Crippen LogP contribution < -0.4 is 0 Å². The fraction of sp³-hybridized carbons (Fsp3) is 0.778. The maximum absolute atomic E-state index is 11.1. The van der Waals surface area contributed by atoms with Gasteiger partial charge < -0.3 is 9.53 Å². The lowest BCUT2D eigenvalue weighted by molar-refractivity contribution is -0.160. The van der Waals surface area contributed by atoms with Gasteiger partial charge in [0.2, 0.25) is 0 Å². The maximum Gasteiger partial charge on any atom is 0.308 e. The first-order chi connectivity index (χ1) is 5.74. The molecule has 1 rings (SSSR count). The van der Waals surface area contributed by atoms with Crippen LogP contribution in [0.4, 0.5) is 0 Å². The second-order valence-corrected chi connectivity index (χ2v) is 3.28. The van der Waals surface area contributed by atoms with Crippen molar-refractivity contribution in [3.05, 3.63) is 0 Å². The van der Waals surface area contributed by atoms with Crippen LogP contribution >= 0.6 is 0 Å². The third-order valence-corrected chi connectivity index (χ3v) is 2.21. The van der Waals surface area contributed by atoms with Crippen molar-refractivity contribution in [1.29, 1.82) is 0 Å². The van der Waals surface area contributed by atoms with Gasteiger partial charge in [0.15, 0.2) is 0 Å². The summed E-state index contributed by atoms with van der Waals surface area (Å²) in [7, 11) is 0. The summed E-state index contributed by atoms with van der Waals surface area (Å²) in [5.41, 5.74) is 0. The number of hydrogen-bond donors (Lipinski definition) is 0. The first-order valence-corrected chi connectivity index (χ1v) is 4.38. The van der Waals surface area contributed by atoms with Gasteiger partial charge in [0.1, 0.15) is 12.4 Å². The molecule has 0 N–H and O–H groups in total. The molecule has 1 aliphatic rings. The highest BCUT2D eigenvalue weighted by atomic mass is 16.5. The van der Waals surface area contributed by atoms with E-state index >= 15 is 0 Å². The van der Waals surface area contributed by atoms with Crippen LogP contribution in [0.5, 0.6) is 0 Å². The highest BCUT2D eigenvalue weighted by molar-refractivity contribution is 5.72. The molecule has 0 amide bonds. The van der Waals surface area contributed by atoms with E-state index in [2.05, 4.69) is 0 Å². The Hall–Kier alpha value is -0.860. The Morgan fingerprint density at radius 3 is 2.92 bits per heavy atom. The Bertz CT molecular complexity index is 177. The third-order valence-electron chi connectivity index (χ3n) is 2.21. The lowest BCUT2D eigenvalue weighted by Crippen LogP contribution is -2.29. The number of hydrogen-bond acceptors (Lipinski definition) is 3. The molecule has 0 saturated carbocycles. The Labute approximate surface area is 72.1 Å². The SMILES string of the molecule is C[C@@H]1CCC(CCC=O)OC1=O. The summed E-state index contributed by atoms with van der Waals surface area (Å²) >= 11 is 0. The molecule has 12 heavy (non-hydrogen) atoms. The van der Waals surface area contributed by atoms with E-state index in [0.29, 0.717) is 12.8 Å². The van der Waals surface area contributed by atoms with Gasteiger partial charge in [0.25, 0.3) is 0 Å². The second-order valence-electron chi connectivity index (χ2n) is 3.28. The van der Waals surface area contributed by atoms with Crippen molar-refractivity contribution in [3.8, 4) is 0 Å². The Morgan fingerprint density at radius 1 is 1.58 bits per heavy atom.